The number of sulfonamides is 1. The van der Waals surface area contributed by atoms with Gasteiger partial charge in [-0.15, -0.1) is 0 Å². The highest BCUT2D eigenvalue weighted by Gasteiger charge is 2.34. The highest BCUT2D eigenvalue weighted by Crippen LogP contribution is 2.28. The van der Waals surface area contributed by atoms with Crippen LogP contribution in [0.25, 0.3) is 0 Å². The third-order valence-corrected chi connectivity index (χ3v) is 7.23. The number of anilines is 1. The van der Waals surface area contributed by atoms with E-state index in [9.17, 15) is 23.1 Å². The second kappa shape index (κ2) is 11.3. The molecule has 0 saturated carbocycles. The molecule has 0 aliphatic rings. The molecule has 2 amide bonds. The van der Waals surface area contributed by atoms with Gasteiger partial charge in [0.05, 0.1) is 24.0 Å². The first-order chi connectivity index (χ1) is 16.2. The molecule has 34 heavy (non-hydrogen) atoms. The molecule has 178 valence electrons. The van der Waals surface area contributed by atoms with E-state index in [0.29, 0.717) is 20.6 Å². The molecule has 2 N–H and O–H groups in total. The van der Waals surface area contributed by atoms with Gasteiger partial charge in [-0.25, -0.2) is 12.7 Å². The van der Waals surface area contributed by atoms with Gasteiger partial charge in [0, 0.05) is 17.6 Å². The number of hydrogen-bond acceptors (Lipinski definition) is 5. The van der Waals surface area contributed by atoms with E-state index in [2.05, 4.69) is 5.32 Å². The highest BCUT2D eigenvalue weighted by atomic mass is 35.5. The Balaban J connectivity index is 1.99. The zero-order valence-corrected chi connectivity index (χ0v) is 20.1. The Labute approximate surface area is 204 Å². The summed E-state index contributed by atoms with van der Waals surface area (Å²) in [5.41, 5.74) is 1.89. The second-order valence-electron chi connectivity index (χ2n) is 7.64. The van der Waals surface area contributed by atoms with Crippen LogP contribution in [-0.4, -0.2) is 42.8 Å². The summed E-state index contributed by atoms with van der Waals surface area (Å²) in [4.78, 5) is 24.8. The molecule has 0 aliphatic heterocycles. The van der Waals surface area contributed by atoms with Crippen molar-refractivity contribution in [2.75, 3.05) is 18.5 Å². The third kappa shape index (κ3) is 6.22. The van der Waals surface area contributed by atoms with Gasteiger partial charge in [0.15, 0.2) is 0 Å². The van der Waals surface area contributed by atoms with Crippen LogP contribution in [0.2, 0.25) is 5.02 Å². The molecular weight excluding hydrogens is 476 g/mol. The average Bonchev–Trinajstić information content (AvgIpc) is 2.82. The minimum Gasteiger partial charge on any atom is -0.394 e. The number of benzene rings is 3. The zero-order chi connectivity index (χ0) is 24.7. The van der Waals surface area contributed by atoms with Gasteiger partial charge in [0.25, 0.3) is 10.0 Å². The molecule has 1 unspecified atom stereocenters. The van der Waals surface area contributed by atoms with Crippen LogP contribution in [0.5, 0.6) is 0 Å². The van der Waals surface area contributed by atoms with E-state index in [0.717, 1.165) is 5.56 Å². The van der Waals surface area contributed by atoms with Crippen LogP contribution >= 0.6 is 11.6 Å². The zero-order valence-electron chi connectivity index (χ0n) is 18.5. The summed E-state index contributed by atoms with van der Waals surface area (Å²) in [5, 5.41) is 12.7. The van der Waals surface area contributed by atoms with Crippen molar-refractivity contribution in [1.82, 2.24) is 4.31 Å². The van der Waals surface area contributed by atoms with Gasteiger partial charge in [-0.05, 0) is 53.9 Å². The third-order valence-electron chi connectivity index (χ3n) is 5.16. The van der Waals surface area contributed by atoms with E-state index < -0.39 is 35.0 Å². The maximum Gasteiger partial charge on any atom is 0.266 e. The number of carbonyl (C=O) groups is 2. The van der Waals surface area contributed by atoms with Gasteiger partial charge in [0.2, 0.25) is 11.8 Å². The predicted molar refractivity (Wildman–Crippen MR) is 131 cm³/mol. The van der Waals surface area contributed by atoms with E-state index in [1.54, 1.807) is 24.3 Å². The van der Waals surface area contributed by atoms with Crippen molar-refractivity contribution in [2.45, 2.75) is 24.2 Å². The quantitative estimate of drug-likeness (QED) is 0.464. The molecule has 3 rings (SSSR count). The lowest BCUT2D eigenvalue weighted by Gasteiger charge is -2.27. The number of rotatable bonds is 9. The molecule has 0 fully saturated rings. The van der Waals surface area contributed by atoms with Crippen molar-refractivity contribution in [1.29, 1.82) is 0 Å². The summed E-state index contributed by atoms with van der Waals surface area (Å²) in [6.07, 6.45) is 0.264. The molecular formula is C25H25ClN2O5S. The fourth-order valence-electron chi connectivity index (χ4n) is 3.55. The summed E-state index contributed by atoms with van der Waals surface area (Å²) < 4.78 is 27.6. The van der Waals surface area contributed by atoms with Gasteiger partial charge in [-0.3, -0.25) is 9.59 Å². The number of hydrogen-bond donors (Lipinski definition) is 2. The number of amides is 2. The molecule has 1 atom stereocenters. The molecule has 0 aliphatic carbocycles. The van der Waals surface area contributed by atoms with Crippen LogP contribution in [0, 0.1) is 0 Å². The lowest BCUT2D eigenvalue weighted by molar-refractivity contribution is -0.128. The smallest absolute Gasteiger partial charge is 0.266 e. The number of nitrogens with one attached hydrogen (secondary N) is 1. The van der Waals surface area contributed by atoms with Crippen LogP contribution in [0.15, 0.2) is 83.8 Å². The molecule has 0 spiro atoms. The Bertz CT molecular complexity index is 1230. The van der Waals surface area contributed by atoms with Crippen LogP contribution in [0.3, 0.4) is 0 Å². The van der Waals surface area contributed by atoms with Crippen molar-refractivity contribution in [3.8, 4) is 0 Å². The second-order valence-corrected chi connectivity index (χ2v) is 9.94. The number of aliphatic hydroxyl groups is 1. The molecule has 0 heterocycles. The Morgan fingerprint density at radius 1 is 0.971 bits per heavy atom. The minimum absolute atomic E-state index is 0.127. The first-order valence-corrected chi connectivity index (χ1v) is 12.4. The van der Waals surface area contributed by atoms with Gasteiger partial charge in [-0.1, -0.05) is 54.1 Å². The number of halogens is 1. The number of carbonyl (C=O) groups excluding carboxylic acids is 2. The van der Waals surface area contributed by atoms with Crippen LogP contribution in [-0.2, 0) is 26.0 Å². The molecule has 0 bridgehead atoms. The maximum absolute atomic E-state index is 13.7. The van der Waals surface area contributed by atoms with Gasteiger partial charge < -0.3 is 10.4 Å². The SMILES string of the molecule is CC(=O)Nc1ccc(S(=O)(=O)N(CCO)C(=O)C(Cc2ccccc2)c2ccc(Cl)cc2)cc1. The van der Waals surface area contributed by atoms with E-state index in [4.69, 9.17) is 11.6 Å². The van der Waals surface area contributed by atoms with Crippen molar-refractivity contribution in [2.24, 2.45) is 0 Å². The summed E-state index contributed by atoms with van der Waals surface area (Å²) in [6.45, 7) is 0.414. The maximum atomic E-state index is 13.7. The highest BCUT2D eigenvalue weighted by molar-refractivity contribution is 7.89. The van der Waals surface area contributed by atoms with Crippen LogP contribution in [0.1, 0.15) is 24.0 Å². The normalized spacial score (nSPS) is 12.1. The molecule has 0 radical (unpaired) electrons. The first kappa shape index (κ1) is 25.4. The monoisotopic (exact) mass is 500 g/mol. The Kier molecular flexibility index (Phi) is 8.44. The van der Waals surface area contributed by atoms with E-state index >= 15 is 0 Å². The van der Waals surface area contributed by atoms with Gasteiger partial charge in [-0.2, -0.15) is 0 Å². The van der Waals surface area contributed by atoms with Crippen LogP contribution < -0.4 is 5.32 Å². The van der Waals surface area contributed by atoms with Crippen molar-refractivity contribution < 1.29 is 23.1 Å². The Morgan fingerprint density at radius 2 is 1.59 bits per heavy atom. The molecule has 9 heteroatoms. The standard InChI is InChI=1S/C25H25ClN2O5S/c1-18(30)27-22-11-13-23(14-12-22)34(32,33)28(15-16-29)25(31)24(17-19-5-3-2-4-6-19)20-7-9-21(26)10-8-20/h2-14,24,29H,15-17H2,1H3,(H,27,30). The summed E-state index contributed by atoms with van der Waals surface area (Å²) >= 11 is 6.01. The molecule has 3 aromatic carbocycles. The van der Waals surface area contributed by atoms with E-state index in [1.807, 2.05) is 30.3 Å². The van der Waals surface area contributed by atoms with Crippen molar-refractivity contribution >= 4 is 39.1 Å². The molecule has 3 aromatic rings. The molecule has 7 nitrogen and oxygen atoms in total. The van der Waals surface area contributed by atoms with E-state index in [1.165, 1.54) is 31.2 Å². The van der Waals surface area contributed by atoms with E-state index in [-0.39, 0.29) is 17.2 Å². The topological polar surface area (TPSA) is 104 Å². The lowest BCUT2D eigenvalue weighted by atomic mass is 9.91. The Hall–Kier alpha value is -3.20. The predicted octanol–water partition coefficient (Wildman–Crippen LogP) is 3.83. The summed E-state index contributed by atoms with van der Waals surface area (Å²) in [5.74, 6) is -1.77. The fourth-order valence-corrected chi connectivity index (χ4v) is 5.09. The molecule has 0 saturated heterocycles. The summed E-state index contributed by atoms with van der Waals surface area (Å²) in [6, 6.07) is 21.5. The lowest BCUT2D eigenvalue weighted by Crippen LogP contribution is -2.42. The molecule has 0 aromatic heterocycles. The fraction of sp³-hybridized carbons (Fsp3) is 0.200. The average molecular weight is 501 g/mol. The Morgan fingerprint density at radius 3 is 2.15 bits per heavy atom. The van der Waals surface area contributed by atoms with Crippen molar-refractivity contribution in [3.05, 3.63) is 95.0 Å². The van der Waals surface area contributed by atoms with Gasteiger partial charge >= 0.3 is 0 Å². The number of nitrogens with zero attached hydrogens (tertiary/aromatic N) is 1. The largest absolute Gasteiger partial charge is 0.394 e. The summed E-state index contributed by atoms with van der Waals surface area (Å²) in [7, 11) is -4.28. The van der Waals surface area contributed by atoms with Crippen molar-refractivity contribution in [3.63, 3.8) is 0 Å². The number of aliphatic hydroxyl groups excluding tert-OH is 1. The first-order valence-electron chi connectivity index (χ1n) is 10.6. The van der Waals surface area contributed by atoms with Gasteiger partial charge in [0.1, 0.15) is 0 Å². The minimum atomic E-state index is -4.28. The van der Waals surface area contributed by atoms with Crippen LogP contribution in [0.4, 0.5) is 5.69 Å².